The summed E-state index contributed by atoms with van der Waals surface area (Å²) >= 11 is 0. The van der Waals surface area contributed by atoms with Crippen LogP contribution in [-0.4, -0.2) is 46.5 Å². The minimum absolute atomic E-state index is 0.206. The van der Waals surface area contributed by atoms with Gasteiger partial charge in [-0.1, -0.05) is 0 Å². The molecule has 2 aromatic heterocycles. The van der Waals surface area contributed by atoms with Gasteiger partial charge in [0.25, 0.3) is 0 Å². The van der Waals surface area contributed by atoms with Crippen LogP contribution in [0.4, 0.5) is 11.6 Å². The van der Waals surface area contributed by atoms with Crippen LogP contribution in [0.2, 0.25) is 0 Å². The first-order valence-corrected chi connectivity index (χ1v) is 8.21. The number of hydrogen-bond acceptors (Lipinski definition) is 7. The molecule has 24 heavy (non-hydrogen) atoms. The maximum atomic E-state index is 9.41. The summed E-state index contributed by atoms with van der Waals surface area (Å²) in [6.07, 6.45) is 3.97. The molecular weight excluding hydrogens is 306 g/mol. The molecule has 3 N–H and O–H groups in total. The predicted molar refractivity (Wildman–Crippen MR) is 89.8 cm³/mol. The molecule has 4 rings (SSSR count). The monoisotopic (exact) mass is 325 g/mol. The first kappa shape index (κ1) is 15.1. The summed E-state index contributed by atoms with van der Waals surface area (Å²) in [5.74, 6) is 1.45. The summed E-state index contributed by atoms with van der Waals surface area (Å²) in [6, 6.07) is 6.27. The highest BCUT2D eigenvalue weighted by Crippen LogP contribution is 2.28. The van der Waals surface area contributed by atoms with Crippen LogP contribution in [0.15, 0.2) is 18.3 Å². The number of hydrogen-bond donors (Lipinski definition) is 3. The maximum absolute atomic E-state index is 9.41. The van der Waals surface area contributed by atoms with Crippen LogP contribution in [0.3, 0.4) is 0 Å². The molecule has 1 saturated carbocycles. The molecule has 0 radical (unpaired) electrons. The lowest BCUT2D eigenvalue weighted by Crippen LogP contribution is -2.39. The second-order valence-corrected chi connectivity index (χ2v) is 6.43. The SMILES string of the molecule is N#Cc1cc2cnc(NC3CC(O)C3)cc2c(NC2CCOC2)n1. The second-order valence-electron chi connectivity index (χ2n) is 6.43. The topological polar surface area (TPSA) is 103 Å². The van der Waals surface area contributed by atoms with Crippen molar-refractivity contribution in [3.05, 3.63) is 24.0 Å². The van der Waals surface area contributed by atoms with Crippen LogP contribution < -0.4 is 10.6 Å². The fourth-order valence-electron chi connectivity index (χ4n) is 3.15. The molecule has 1 aliphatic carbocycles. The smallest absolute Gasteiger partial charge is 0.143 e. The Bertz CT molecular complexity index is 791. The van der Waals surface area contributed by atoms with Crippen LogP contribution in [0, 0.1) is 11.3 Å². The second kappa shape index (κ2) is 6.23. The Balaban J connectivity index is 1.66. The molecule has 7 heteroatoms. The molecule has 2 aliphatic rings. The average molecular weight is 325 g/mol. The van der Waals surface area contributed by atoms with E-state index in [9.17, 15) is 10.4 Å². The fraction of sp³-hybridized carbons (Fsp3) is 0.471. The molecule has 3 heterocycles. The third-order valence-corrected chi connectivity index (χ3v) is 4.56. The summed E-state index contributed by atoms with van der Waals surface area (Å²) in [6.45, 7) is 1.39. The van der Waals surface area contributed by atoms with Crippen LogP contribution in [0.25, 0.3) is 10.8 Å². The maximum Gasteiger partial charge on any atom is 0.143 e. The molecule has 0 bridgehead atoms. The zero-order valence-electron chi connectivity index (χ0n) is 13.2. The van der Waals surface area contributed by atoms with E-state index in [0.717, 1.165) is 42.5 Å². The molecule has 1 saturated heterocycles. The third-order valence-electron chi connectivity index (χ3n) is 4.56. The van der Waals surface area contributed by atoms with Crippen LogP contribution in [-0.2, 0) is 4.74 Å². The zero-order chi connectivity index (χ0) is 16.5. The molecule has 2 aromatic rings. The Kier molecular flexibility index (Phi) is 3.92. The minimum atomic E-state index is -0.206. The standard InChI is InChI=1S/C17H19N5O2/c18-7-13-3-10-8-19-16(20-12-4-14(23)5-12)6-15(10)17(22-13)21-11-1-2-24-9-11/h3,6,8,11-12,14,23H,1-2,4-5,9H2,(H,19,20)(H,21,22). The Labute approximate surface area is 139 Å². The molecule has 0 aromatic carbocycles. The molecular formula is C17H19N5O2. The van der Waals surface area contributed by atoms with Crippen LogP contribution in [0.1, 0.15) is 25.0 Å². The summed E-state index contributed by atoms with van der Waals surface area (Å²) in [4.78, 5) is 8.85. The van der Waals surface area contributed by atoms with Crippen LogP contribution in [0.5, 0.6) is 0 Å². The van der Waals surface area contributed by atoms with Crippen molar-refractivity contribution in [2.24, 2.45) is 0 Å². The van der Waals surface area contributed by atoms with E-state index in [2.05, 4.69) is 26.7 Å². The van der Waals surface area contributed by atoms with Gasteiger partial charge in [0.05, 0.1) is 18.8 Å². The summed E-state index contributed by atoms with van der Waals surface area (Å²) < 4.78 is 5.40. The van der Waals surface area contributed by atoms with Crippen molar-refractivity contribution in [2.45, 2.75) is 37.5 Å². The molecule has 2 fully saturated rings. The number of fused-ring (bicyclic) bond motifs is 1. The quantitative estimate of drug-likeness (QED) is 0.785. The third kappa shape index (κ3) is 2.98. The van der Waals surface area contributed by atoms with E-state index >= 15 is 0 Å². The molecule has 1 unspecified atom stereocenters. The molecule has 7 nitrogen and oxygen atoms in total. The van der Waals surface area contributed by atoms with Gasteiger partial charge in [0.15, 0.2) is 0 Å². The summed E-state index contributed by atoms with van der Waals surface area (Å²) in [5.41, 5.74) is 0.369. The lowest BCUT2D eigenvalue weighted by atomic mass is 9.89. The lowest BCUT2D eigenvalue weighted by Gasteiger charge is -2.32. The van der Waals surface area contributed by atoms with Crippen molar-refractivity contribution in [2.75, 3.05) is 23.8 Å². The first-order chi connectivity index (χ1) is 11.7. The number of pyridine rings is 2. The number of nitriles is 1. The van der Waals surface area contributed by atoms with Gasteiger partial charge in [-0.3, -0.25) is 0 Å². The first-order valence-electron chi connectivity index (χ1n) is 8.21. The number of aliphatic hydroxyl groups is 1. The fourth-order valence-corrected chi connectivity index (χ4v) is 3.15. The van der Waals surface area contributed by atoms with Gasteiger partial charge >= 0.3 is 0 Å². The molecule has 1 aliphatic heterocycles. The Hall–Kier alpha value is -2.43. The van der Waals surface area contributed by atoms with E-state index in [-0.39, 0.29) is 18.2 Å². The van der Waals surface area contributed by atoms with E-state index in [1.807, 2.05) is 6.07 Å². The Morgan fingerprint density at radius 3 is 2.83 bits per heavy atom. The number of aliphatic hydroxyl groups excluding tert-OH is 1. The van der Waals surface area contributed by atoms with Gasteiger partial charge in [-0.2, -0.15) is 5.26 Å². The minimum Gasteiger partial charge on any atom is -0.393 e. The normalized spacial score (nSPS) is 25.9. The van der Waals surface area contributed by atoms with Gasteiger partial charge in [0.1, 0.15) is 23.4 Å². The van der Waals surface area contributed by atoms with Gasteiger partial charge in [-0.25, -0.2) is 9.97 Å². The Morgan fingerprint density at radius 2 is 2.12 bits per heavy atom. The number of nitrogens with one attached hydrogen (secondary N) is 2. The largest absolute Gasteiger partial charge is 0.393 e. The van der Waals surface area contributed by atoms with Gasteiger partial charge in [-0.05, 0) is 31.4 Å². The van der Waals surface area contributed by atoms with Gasteiger partial charge in [-0.15, -0.1) is 0 Å². The van der Waals surface area contributed by atoms with E-state index in [1.165, 1.54) is 0 Å². The molecule has 1 atom stereocenters. The average Bonchev–Trinajstić information content (AvgIpc) is 3.06. The zero-order valence-corrected chi connectivity index (χ0v) is 13.2. The highest BCUT2D eigenvalue weighted by Gasteiger charge is 2.27. The number of anilines is 2. The number of aromatic nitrogens is 2. The number of rotatable bonds is 4. The van der Waals surface area contributed by atoms with E-state index in [1.54, 1.807) is 12.3 Å². The number of nitrogens with zero attached hydrogens (tertiary/aromatic N) is 3. The molecule has 0 amide bonds. The Morgan fingerprint density at radius 1 is 1.25 bits per heavy atom. The van der Waals surface area contributed by atoms with Crippen molar-refractivity contribution in [3.8, 4) is 6.07 Å². The number of ether oxygens (including phenoxy) is 1. The van der Waals surface area contributed by atoms with Crippen molar-refractivity contribution < 1.29 is 9.84 Å². The van der Waals surface area contributed by atoms with Crippen LogP contribution >= 0.6 is 0 Å². The predicted octanol–water partition coefficient (Wildman–Crippen LogP) is 1.64. The van der Waals surface area contributed by atoms with Crippen molar-refractivity contribution >= 4 is 22.4 Å². The van der Waals surface area contributed by atoms with E-state index < -0.39 is 0 Å². The summed E-state index contributed by atoms with van der Waals surface area (Å²) in [5, 5.41) is 27.1. The molecule has 0 spiro atoms. The highest BCUT2D eigenvalue weighted by molar-refractivity contribution is 5.93. The molecule has 124 valence electrons. The van der Waals surface area contributed by atoms with Gasteiger partial charge in [0.2, 0.25) is 0 Å². The van der Waals surface area contributed by atoms with E-state index in [0.29, 0.717) is 18.1 Å². The van der Waals surface area contributed by atoms with Crippen molar-refractivity contribution in [3.63, 3.8) is 0 Å². The lowest BCUT2D eigenvalue weighted by molar-refractivity contribution is 0.0835. The van der Waals surface area contributed by atoms with Gasteiger partial charge in [0, 0.05) is 29.6 Å². The van der Waals surface area contributed by atoms with E-state index in [4.69, 9.17) is 4.74 Å². The van der Waals surface area contributed by atoms with Crippen molar-refractivity contribution in [1.82, 2.24) is 9.97 Å². The van der Waals surface area contributed by atoms with Crippen molar-refractivity contribution in [1.29, 1.82) is 5.26 Å². The highest BCUT2D eigenvalue weighted by atomic mass is 16.5. The summed E-state index contributed by atoms with van der Waals surface area (Å²) in [7, 11) is 0. The van der Waals surface area contributed by atoms with Gasteiger partial charge < -0.3 is 20.5 Å².